The van der Waals surface area contributed by atoms with Crippen molar-refractivity contribution in [2.24, 2.45) is 5.92 Å². The largest absolute Gasteiger partial charge is 0.467 e. The third kappa shape index (κ3) is 3.16. The monoisotopic (exact) mass is 302 g/mol. The Morgan fingerprint density at radius 3 is 2.77 bits per heavy atom. The smallest absolute Gasteiger partial charge is 0.229 e. The van der Waals surface area contributed by atoms with Crippen LogP contribution in [0.2, 0.25) is 0 Å². The molecule has 1 saturated heterocycles. The van der Waals surface area contributed by atoms with Gasteiger partial charge in [-0.2, -0.15) is 0 Å². The van der Waals surface area contributed by atoms with Gasteiger partial charge in [0.1, 0.15) is 11.6 Å². The SMILES string of the molecule is O=C(Nc1ccc(F)cc1)[C@@H]1CC(=O)N(Cc2ccco2)C1. The number of nitrogens with zero attached hydrogens (tertiary/aromatic N) is 1. The summed E-state index contributed by atoms with van der Waals surface area (Å²) in [6, 6.07) is 9.08. The van der Waals surface area contributed by atoms with E-state index in [1.165, 1.54) is 24.3 Å². The van der Waals surface area contributed by atoms with Gasteiger partial charge in [-0.05, 0) is 36.4 Å². The van der Waals surface area contributed by atoms with Gasteiger partial charge < -0.3 is 14.6 Å². The molecule has 0 unspecified atom stereocenters. The van der Waals surface area contributed by atoms with Crippen LogP contribution in [0.15, 0.2) is 47.1 Å². The van der Waals surface area contributed by atoms with Crippen molar-refractivity contribution in [3.63, 3.8) is 0 Å². The molecule has 0 saturated carbocycles. The fourth-order valence-electron chi connectivity index (χ4n) is 2.47. The topological polar surface area (TPSA) is 62.6 Å². The van der Waals surface area contributed by atoms with E-state index in [9.17, 15) is 14.0 Å². The summed E-state index contributed by atoms with van der Waals surface area (Å²) in [6.45, 7) is 0.721. The molecule has 1 fully saturated rings. The molecule has 1 aliphatic heterocycles. The Morgan fingerprint density at radius 1 is 1.32 bits per heavy atom. The average Bonchev–Trinajstić information content (AvgIpc) is 3.13. The number of anilines is 1. The van der Waals surface area contributed by atoms with Crippen LogP contribution in [0.25, 0.3) is 0 Å². The Morgan fingerprint density at radius 2 is 2.09 bits per heavy atom. The number of likely N-dealkylation sites (tertiary alicyclic amines) is 1. The van der Waals surface area contributed by atoms with Crippen LogP contribution in [0.5, 0.6) is 0 Å². The number of rotatable bonds is 4. The van der Waals surface area contributed by atoms with E-state index in [0.29, 0.717) is 24.5 Å². The molecule has 0 bridgehead atoms. The molecule has 1 aromatic heterocycles. The zero-order chi connectivity index (χ0) is 15.5. The summed E-state index contributed by atoms with van der Waals surface area (Å²) >= 11 is 0. The minimum Gasteiger partial charge on any atom is -0.467 e. The highest BCUT2D eigenvalue weighted by Gasteiger charge is 2.34. The molecule has 6 heteroatoms. The van der Waals surface area contributed by atoms with Crippen molar-refractivity contribution in [1.29, 1.82) is 0 Å². The lowest BCUT2D eigenvalue weighted by atomic mass is 10.1. The highest BCUT2D eigenvalue weighted by atomic mass is 19.1. The molecule has 3 rings (SSSR count). The predicted octanol–water partition coefficient (Wildman–Crippen LogP) is 2.41. The minimum absolute atomic E-state index is 0.0735. The molecule has 2 amide bonds. The van der Waals surface area contributed by atoms with Gasteiger partial charge in [0.15, 0.2) is 0 Å². The molecule has 0 aliphatic carbocycles. The molecule has 0 spiro atoms. The molecular weight excluding hydrogens is 287 g/mol. The van der Waals surface area contributed by atoms with Crippen molar-refractivity contribution in [2.75, 3.05) is 11.9 Å². The Balaban J connectivity index is 1.60. The average molecular weight is 302 g/mol. The fraction of sp³-hybridized carbons (Fsp3) is 0.250. The molecule has 1 N–H and O–H groups in total. The lowest BCUT2D eigenvalue weighted by Crippen LogP contribution is -2.27. The predicted molar refractivity (Wildman–Crippen MR) is 77.3 cm³/mol. The van der Waals surface area contributed by atoms with Gasteiger partial charge in [-0.15, -0.1) is 0 Å². The van der Waals surface area contributed by atoms with Crippen molar-refractivity contribution in [3.05, 3.63) is 54.2 Å². The van der Waals surface area contributed by atoms with Gasteiger partial charge in [-0.1, -0.05) is 0 Å². The highest BCUT2D eigenvalue weighted by Crippen LogP contribution is 2.22. The zero-order valence-corrected chi connectivity index (χ0v) is 11.8. The van der Waals surface area contributed by atoms with Gasteiger partial charge in [-0.25, -0.2) is 4.39 Å². The van der Waals surface area contributed by atoms with Gasteiger partial charge in [0, 0.05) is 18.7 Å². The van der Waals surface area contributed by atoms with Gasteiger partial charge in [0.05, 0.1) is 18.7 Å². The van der Waals surface area contributed by atoms with E-state index in [1.54, 1.807) is 23.3 Å². The Labute approximate surface area is 126 Å². The van der Waals surface area contributed by atoms with Crippen molar-refractivity contribution >= 4 is 17.5 Å². The summed E-state index contributed by atoms with van der Waals surface area (Å²) in [4.78, 5) is 25.8. The van der Waals surface area contributed by atoms with Crippen molar-refractivity contribution in [2.45, 2.75) is 13.0 Å². The van der Waals surface area contributed by atoms with Crippen LogP contribution in [0.1, 0.15) is 12.2 Å². The quantitative estimate of drug-likeness (QED) is 0.943. The minimum atomic E-state index is -0.410. The fourth-order valence-corrected chi connectivity index (χ4v) is 2.47. The molecule has 22 heavy (non-hydrogen) atoms. The van der Waals surface area contributed by atoms with E-state index in [2.05, 4.69) is 5.32 Å². The zero-order valence-electron chi connectivity index (χ0n) is 11.8. The molecule has 5 nitrogen and oxygen atoms in total. The number of benzene rings is 1. The number of carbonyl (C=O) groups is 2. The normalized spacial score (nSPS) is 17.8. The van der Waals surface area contributed by atoms with Crippen LogP contribution in [-0.2, 0) is 16.1 Å². The van der Waals surface area contributed by atoms with Crippen molar-refractivity contribution < 1.29 is 18.4 Å². The second-order valence-corrected chi connectivity index (χ2v) is 5.25. The Kier molecular flexibility index (Phi) is 3.91. The van der Waals surface area contributed by atoms with Crippen LogP contribution in [0.3, 0.4) is 0 Å². The summed E-state index contributed by atoms with van der Waals surface area (Å²) < 4.78 is 18.1. The standard InChI is InChI=1S/C16H15FN2O3/c17-12-3-5-13(6-4-12)18-16(21)11-8-15(20)19(9-11)10-14-2-1-7-22-14/h1-7,11H,8-10H2,(H,18,21)/t11-/m1/s1. The molecule has 2 heterocycles. The first-order valence-electron chi connectivity index (χ1n) is 6.98. The third-order valence-electron chi connectivity index (χ3n) is 3.62. The van der Waals surface area contributed by atoms with Gasteiger partial charge in [-0.3, -0.25) is 9.59 Å². The number of carbonyl (C=O) groups excluding carboxylic acids is 2. The molecule has 1 atom stereocenters. The number of hydrogen-bond donors (Lipinski definition) is 1. The molecule has 1 aliphatic rings. The van der Waals surface area contributed by atoms with E-state index in [-0.39, 0.29) is 24.1 Å². The van der Waals surface area contributed by atoms with Crippen LogP contribution >= 0.6 is 0 Å². The Bertz CT molecular complexity index is 667. The van der Waals surface area contributed by atoms with E-state index >= 15 is 0 Å². The van der Waals surface area contributed by atoms with Gasteiger partial charge in [0.2, 0.25) is 11.8 Å². The van der Waals surface area contributed by atoms with E-state index < -0.39 is 5.92 Å². The first kappa shape index (κ1) is 14.3. The van der Waals surface area contributed by atoms with Gasteiger partial charge >= 0.3 is 0 Å². The highest BCUT2D eigenvalue weighted by molar-refractivity contribution is 5.97. The van der Waals surface area contributed by atoms with Crippen LogP contribution in [0, 0.1) is 11.7 Å². The summed E-state index contributed by atoms with van der Waals surface area (Å²) in [5.41, 5.74) is 0.517. The molecule has 114 valence electrons. The van der Waals surface area contributed by atoms with Gasteiger partial charge in [0.25, 0.3) is 0 Å². The van der Waals surface area contributed by atoms with E-state index in [1.807, 2.05) is 0 Å². The maximum atomic E-state index is 12.8. The lowest BCUT2D eigenvalue weighted by Gasteiger charge is -2.15. The van der Waals surface area contributed by atoms with Crippen LogP contribution in [-0.4, -0.2) is 23.3 Å². The summed E-state index contributed by atoms with van der Waals surface area (Å²) in [7, 11) is 0. The maximum Gasteiger partial charge on any atom is 0.229 e. The maximum absolute atomic E-state index is 12.8. The van der Waals surface area contributed by atoms with Crippen LogP contribution < -0.4 is 5.32 Å². The van der Waals surface area contributed by atoms with E-state index in [0.717, 1.165) is 0 Å². The molecule has 2 aromatic rings. The van der Waals surface area contributed by atoms with Crippen LogP contribution in [0.4, 0.5) is 10.1 Å². The summed E-state index contributed by atoms with van der Waals surface area (Å²) in [5.74, 6) is -0.392. The first-order valence-corrected chi connectivity index (χ1v) is 6.98. The second-order valence-electron chi connectivity index (χ2n) is 5.25. The second kappa shape index (κ2) is 6.01. The number of halogens is 1. The number of furan rings is 1. The summed E-state index contributed by atoms with van der Waals surface area (Å²) in [5, 5.41) is 2.70. The van der Waals surface area contributed by atoms with Crippen molar-refractivity contribution in [1.82, 2.24) is 4.90 Å². The van der Waals surface area contributed by atoms with Crippen molar-refractivity contribution in [3.8, 4) is 0 Å². The lowest BCUT2D eigenvalue weighted by molar-refractivity contribution is -0.128. The molecule has 1 aromatic carbocycles. The number of amides is 2. The first-order chi connectivity index (χ1) is 10.6. The number of nitrogens with one attached hydrogen (secondary N) is 1. The molecular formula is C16H15FN2O3. The third-order valence-corrected chi connectivity index (χ3v) is 3.62. The Hall–Kier alpha value is -2.63. The summed E-state index contributed by atoms with van der Waals surface area (Å²) in [6.07, 6.45) is 1.72. The molecule has 0 radical (unpaired) electrons. The number of hydrogen-bond acceptors (Lipinski definition) is 3. The van der Waals surface area contributed by atoms with E-state index in [4.69, 9.17) is 4.42 Å².